The summed E-state index contributed by atoms with van der Waals surface area (Å²) in [7, 11) is 0. The van der Waals surface area contributed by atoms with Crippen molar-refractivity contribution in [3.63, 3.8) is 0 Å². The van der Waals surface area contributed by atoms with Crippen LogP contribution in [0, 0.1) is 17.8 Å². The fraction of sp³-hybridized carbons (Fsp3) is 0.375. The highest BCUT2D eigenvalue weighted by Gasteiger charge is 2.21. The molecule has 33 heavy (non-hydrogen) atoms. The van der Waals surface area contributed by atoms with Crippen LogP contribution in [0.15, 0.2) is 72.8 Å². The van der Waals surface area contributed by atoms with E-state index in [1.165, 1.54) is 61.6 Å². The summed E-state index contributed by atoms with van der Waals surface area (Å²) in [6, 6.07) is 25.7. The Balaban J connectivity index is 1.34. The average Bonchev–Trinajstić information content (AvgIpc) is 2.88. The molecular formula is C32H36O. The summed E-state index contributed by atoms with van der Waals surface area (Å²) in [6.45, 7) is 4.99. The molecule has 3 aromatic rings. The van der Waals surface area contributed by atoms with Gasteiger partial charge in [-0.2, -0.15) is 0 Å². The van der Waals surface area contributed by atoms with Crippen LogP contribution in [0.5, 0.6) is 5.75 Å². The number of rotatable bonds is 7. The summed E-state index contributed by atoms with van der Waals surface area (Å²) in [5.74, 6) is 9.27. The van der Waals surface area contributed by atoms with Gasteiger partial charge in [-0.3, -0.25) is 0 Å². The first-order chi connectivity index (χ1) is 16.2. The van der Waals surface area contributed by atoms with E-state index in [1.54, 1.807) is 0 Å². The normalized spacial score (nSPS) is 17.8. The molecule has 3 aromatic carbocycles. The monoisotopic (exact) mass is 436 g/mol. The largest absolute Gasteiger partial charge is 0.494 e. The summed E-state index contributed by atoms with van der Waals surface area (Å²) < 4.78 is 5.53. The Hall–Kier alpha value is -2.98. The van der Waals surface area contributed by atoms with E-state index in [2.05, 4.69) is 79.4 Å². The van der Waals surface area contributed by atoms with Gasteiger partial charge in [-0.15, -0.1) is 0 Å². The zero-order valence-corrected chi connectivity index (χ0v) is 20.1. The van der Waals surface area contributed by atoms with Crippen LogP contribution in [0.3, 0.4) is 0 Å². The quantitative estimate of drug-likeness (QED) is 0.337. The zero-order valence-electron chi connectivity index (χ0n) is 20.1. The minimum atomic E-state index is 0.690. The Morgan fingerprint density at radius 1 is 0.697 bits per heavy atom. The standard InChI is InChI=1S/C32H36O/c1-3-5-6-25-9-15-28(16-10-25)29-17-11-26(12-18-29)7-8-27-13-19-30(20-14-27)31-21-23-32(24-22-31)33-4-2/h11-14,17-25,28H,3-6,9-10,15-16H2,1-2H3. The van der Waals surface area contributed by atoms with Crippen molar-refractivity contribution in [1.82, 2.24) is 0 Å². The van der Waals surface area contributed by atoms with Crippen molar-refractivity contribution in [3.05, 3.63) is 89.5 Å². The predicted molar refractivity (Wildman–Crippen MR) is 140 cm³/mol. The molecule has 1 saturated carbocycles. The Labute approximate surface area is 200 Å². The number of hydrogen-bond acceptors (Lipinski definition) is 1. The SMILES string of the molecule is CCCCC1CCC(c2ccc(C#Cc3ccc(-c4ccc(OCC)cc4)cc3)cc2)CC1. The number of unbranched alkanes of at least 4 members (excludes halogenated alkanes) is 1. The molecule has 0 saturated heterocycles. The van der Waals surface area contributed by atoms with E-state index in [9.17, 15) is 0 Å². The molecule has 0 N–H and O–H groups in total. The van der Waals surface area contributed by atoms with Gasteiger partial charge in [0.2, 0.25) is 0 Å². The summed E-state index contributed by atoms with van der Waals surface area (Å²) in [4.78, 5) is 0. The van der Waals surface area contributed by atoms with Crippen LogP contribution in [0.1, 0.15) is 81.4 Å². The fourth-order valence-corrected chi connectivity index (χ4v) is 4.92. The van der Waals surface area contributed by atoms with Gasteiger partial charge in [-0.05, 0) is 97.5 Å². The van der Waals surface area contributed by atoms with E-state index in [-0.39, 0.29) is 0 Å². The molecule has 1 aliphatic carbocycles. The third-order valence-corrected chi connectivity index (χ3v) is 6.93. The first-order valence-corrected chi connectivity index (χ1v) is 12.7. The molecular weight excluding hydrogens is 400 g/mol. The molecule has 4 rings (SSSR count). The van der Waals surface area contributed by atoms with Gasteiger partial charge in [0.1, 0.15) is 5.75 Å². The van der Waals surface area contributed by atoms with Crippen molar-refractivity contribution < 1.29 is 4.74 Å². The van der Waals surface area contributed by atoms with Crippen LogP contribution in [-0.4, -0.2) is 6.61 Å². The molecule has 0 radical (unpaired) electrons. The van der Waals surface area contributed by atoms with Crippen LogP contribution in [-0.2, 0) is 0 Å². The molecule has 0 amide bonds. The second-order valence-corrected chi connectivity index (χ2v) is 9.27. The first kappa shape index (κ1) is 23.2. The molecule has 0 unspecified atom stereocenters. The van der Waals surface area contributed by atoms with E-state index in [0.717, 1.165) is 28.7 Å². The van der Waals surface area contributed by atoms with Crippen molar-refractivity contribution in [1.29, 1.82) is 0 Å². The average molecular weight is 437 g/mol. The summed E-state index contributed by atoms with van der Waals surface area (Å²) >= 11 is 0. The second kappa shape index (κ2) is 11.8. The summed E-state index contributed by atoms with van der Waals surface area (Å²) in [6.07, 6.45) is 9.65. The Morgan fingerprint density at radius 3 is 1.79 bits per heavy atom. The van der Waals surface area contributed by atoms with Crippen molar-refractivity contribution in [2.45, 2.75) is 64.7 Å². The Kier molecular flexibility index (Phi) is 8.26. The van der Waals surface area contributed by atoms with Crippen molar-refractivity contribution >= 4 is 0 Å². The van der Waals surface area contributed by atoms with Gasteiger partial charge in [-0.25, -0.2) is 0 Å². The van der Waals surface area contributed by atoms with Gasteiger partial charge in [0.25, 0.3) is 0 Å². The lowest BCUT2D eigenvalue weighted by Gasteiger charge is -2.28. The van der Waals surface area contributed by atoms with E-state index in [4.69, 9.17) is 4.74 Å². The minimum absolute atomic E-state index is 0.690. The van der Waals surface area contributed by atoms with Crippen molar-refractivity contribution in [3.8, 4) is 28.7 Å². The van der Waals surface area contributed by atoms with Crippen LogP contribution in [0.25, 0.3) is 11.1 Å². The topological polar surface area (TPSA) is 9.23 Å². The lowest BCUT2D eigenvalue weighted by atomic mass is 9.77. The molecule has 0 aromatic heterocycles. The van der Waals surface area contributed by atoms with Gasteiger partial charge in [0, 0.05) is 11.1 Å². The predicted octanol–water partition coefficient (Wildman–Crippen LogP) is 8.62. The molecule has 1 fully saturated rings. The van der Waals surface area contributed by atoms with E-state index in [0.29, 0.717) is 6.61 Å². The molecule has 1 nitrogen and oxygen atoms in total. The minimum Gasteiger partial charge on any atom is -0.494 e. The highest BCUT2D eigenvalue weighted by atomic mass is 16.5. The Bertz CT molecular complexity index is 1040. The maximum absolute atomic E-state index is 5.53. The summed E-state index contributed by atoms with van der Waals surface area (Å²) in [5, 5.41) is 0. The molecule has 0 spiro atoms. The number of ether oxygens (including phenoxy) is 1. The lowest BCUT2D eigenvalue weighted by Crippen LogP contribution is -2.13. The molecule has 170 valence electrons. The van der Waals surface area contributed by atoms with Crippen LogP contribution < -0.4 is 4.74 Å². The molecule has 1 heteroatoms. The highest BCUT2D eigenvalue weighted by Crippen LogP contribution is 2.37. The van der Waals surface area contributed by atoms with Crippen molar-refractivity contribution in [2.75, 3.05) is 6.61 Å². The maximum Gasteiger partial charge on any atom is 0.119 e. The smallest absolute Gasteiger partial charge is 0.119 e. The number of hydrogen-bond donors (Lipinski definition) is 0. The summed E-state index contributed by atoms with van der Waals surface area (Å²) in [5.41, 5.74) is 6.00. The van der Waals surface area contributed by atoms with Crippen LogP contribution in [0.2, 0.25) is 0 Å². The second-order valence-electron chi connectivity index (χ2n) is 9.27. The highest BCUT2D eigenvalue weighted by molar-refractivity contribution is 5.65. The van der Waals surface area contributed by atoms with Crippen LogP contribution >= 0.6 is 0 Å². The van der Waals surface area contributed by atoms with Gasteiger partial charge < -0.3 is 4.74 Å². The first-order valence-electron chi connectivity index (χ1n) is 12.7. The number of benzene rings is 3. The van der Waals surface area contributed by atoms with E-state index in [1.807, 2.05) is 19.1 Å². The third kappa shape index (κ3) is 6.52. The zero-order chi connectivity index (χ0) is 22.9. The molecule has 0 atom stereocenters. The van der Waals surface area contributed by atoms with Crippen LogP contribution in [0.4, 0.5) is 0 Å². The van der Waals surface area contributed by atoms with Gasteiger partial charge in [0.15, 0.2) is 0 Å². The fourth-order valence-electron chi connectivity index (χ4n) is 4.92. The molecule has 1 aliphatic rings. The molecule has 0 heterocycles. The lowest BCUT2D eigenvalue weighted by molar-refractivity contribution is 0.304. The van der Waals surface area contributed by atoms with Crippen molar-refractivity contribution in [2.24, 2.45) is 5.92 Å². The van der Waals surface area contributed by atoms with Gasteiger partial charge >= 0.3 is 0 Å². The molecule has 0 bridgehead atoms. The maximum atomic E-state index is 5.53. The molecule has 0 aliphatic heterocycles. The third-order valence-electron chi connectivity index (χ3n) is 6.93. The van der Waals surface area contributed by atoms with Gasteiger partial charge in [-0.1, -0.05) is 74.4 Å². The van der Waals surface area contributed by atoms with E-state index >= 15 is 0 Å². The van der Waals surface area contributed by atoms with E-state index < -0.39 is 0 Å². The Morgan fingerprint density at radius 2 is 1.24 bits per heavy atom. The van der Waals surface area contributed by atoms with Gasteiger partial charge in [0.05, 0.1) is 6.61 Å².